The number of hydrogen-bond donors (Lipinski definition) is 1. The van der Waals surface area contributed by atoms with Gasteiger partial charge in [-0.3, -0.25) is 0 Å². The third-order valence-corrected chi connectivity index (χ3v) is 6.43. The number of fused-ring (bicyclic) bond motifs is 4. The van der Waals surface area contributed by atoms with Gasteiger partial charge in [-0.15, -0.1) is 10.2 Å². The Hall–Kier alpha value is -3.78. The van der Waals surface area contributed by atoms with Gasteiger partial charge in [-0.25, -0.2) is 0 Å². The van der Waals surface area contributed by atoms with E-state index in [0.29, 0.717) is 22.5 Å². The summed E-state index contributed by atoms with van der Waals surface area (Å²) in [5.41, 5.74) is 5.74. The van der Waals surface area contributed by atoms with Crippen LogP contribution in [0.25, 0.3) is 11.3 Å². The number of rotatable bonds is 4. The number of benzene rings is 3. The molecule has 4 aromatic rings. The van der Waals surface area contributed by atoms with Crippen LogP contribution in [0.3, 0.4) is 0 Å². The van der Waals surface area contributed by atoms with Crippen LogP contribution in [-0.2, 0) is 5.75 Å². The van der Waals surface area contributed by atoms with Crippen LogP contribution >= 0.6 is 11.8 Å². The Labute approximate surface area is 195 Å². The van der Waals surface area contributed by atoms with Crippen LogP contribution < -0.4 is 19.5 Å². The number of para-hydroxylation sites is 1. The molecule has 6 rings (SSSR count). The van der Waals surface area contributed by atoms with E-state index in [0.717, 1.165) is 28.3 Å². The smallest absolute Gasteiger partial charge is 0.247 e. The molecule has 164 valence electrons. The summed E-state index contributed by atoms with van der Waals surface area (Å²) in [5, 5.41) is 12.9. The maximum absolute atomic E-state index is 6.36. The number of nitrogens with zero attached hydrogens (tertiary/aromatic N) is 3. The predicted octanol–water partition coefficient (Wildman–Crippen LogP) is 5.37. The molecule has 1 N–H and O–H groups in total. The number of aromatic nitrogens is 3. The highest BCUT2D eigenvalue weighted by molar-refractivity contribution is 7.98. The van der Waals surface area contributed by atoms with Gasteiger partial charge in [0.2, 0.25) is 17.8 Å². The van der Waals surface area contributed by atoms with E-state index in [2.05, 4.69) is 46.7 Å². The molecule has 0 saturated heterocycles. The maximum atomic E-state index is 6.36. The molecule has 0 amide bonds. The zero-order valence-corrected chi connectivity index (χ0v) is 18.6. The van der Waals surface area contributed by atoms with Gasteiger partial charge in [0.05, 0.1) is 0 Å². The fourth-order valence-electron chi connectivity index (χ4n) is 3.77. The molecule has 1 atom stereocenters. The van der Waals surface area contributed by atoms with Crippen LogP contribution in [0.1, 0.15) is 22.9 Å². The van der Waals surface area contributed by atoms with Gasteiger partial charge in [-0.05, 0) is 36.8 Å². The van der Waals surface area contributed by atoms with Crippen LogP contribution in [0.2, 0.25) is 0 Å². The number of aryl methyl sites for hydroxylation is 1. The first-order valence-electron chi connectivity index (χ1n) is 10.6. The Morgan fingerprint density at radius 1 is 0.970 bits per heavy atom. The van der Waals surface area contributed by atoms with Crippen molar-refractivity contribution in [3.05, 3.63) is 83.4 Å². The molecule has 8 heteroatoms. The number of anilines is 1. The molecule has 0 spiro atoms. The summed E-state index contributed by atoms with van der Waals surface area (Å²) in [6.07, 6.45) is -0.478. The van der Waals surface area contributed by atoms with E-state index in [4.69, 9.17) is 19.2 Å². The summed E-state index contributed by atoms with van der Waals surface area (Å²) in [4.78, 5) is 4.72. The molecule has 0 radical (unpaired) electrons. The van der Waals surface area contributed by atoms with Gasteiger partial charge in [0.15, 0.2) is 23.4 Å². The molecule has 0 bridgehead atoms. The molecule has 0 fully saturated rings. The maximum Gasteiger partial charge on any atom is 0.247 e. The molecule has 0 unspecified atom stereocenters. The lowest BCUT2D eigenvalue weighted by Crippen LogP contribution is -2.17. The van der Waals surface area contributed by atoms with E-state index >= 15 is 0 Å². The molecule has 3 aromatic carbocycles. The average molecular weight is 457 g/mol. The first-order valence-corrected chi connectivity index (χ1v) is 11.6. The quantitative estimate of drug-likeness (QED) is 0.411. The minimum Gasteiger partial charge on any atom is -0.454 e. The third kappa shape index (κ3) is 3.93. The van der Waals surface area contributed by atoms with Crippen molar-refractivity contribution >= 4 is 17.4 Å². The highest BCUT2D eigenvalue weighted by atomic mass is 32.2. The molecular weight excluding hydrogens is 436 g/mol. The second-order valence-corrected chi connectivity index (χ2v) is 8.77. The van der Waals surface area contributed by atoms with E-state index < -0.39 is 6.23 Å². The topological polar surface area (TPSA) is 78.4 Å². The summed E-state index contributed by atoms with van der Waals surface area (Å²) in [6.45, 7) is 2.30. The number of hydrogen-bond acceptors (Lipinski definition) is 8. The van der Waals surface area contributed by atoms with E-state index in [1.807, 2.05) is 42.5 Å². The lowest BCUT2D eigenvalue weighted by Gasteiger charge is -2.19. The van der Waals surface area contributed by atoms with Crippen LogP contribution in [0.4, 0.5) is 5.69 Å². The Kier molecular flexibility index (Phi) is 4.99. The number of ether oxygens (including phenoxy) is 3. The van der Waals surface area contributed by atoms with Gasteiger partial charge in [-0.2, -0.15) is 4.98 Å². The Morgan fingerprint density at radius 3 is 2.73 bits per heavy atom. The minimum atomic E-state index is -0.478. The fourth-order valence-corrected chi connectivity index (χ4v) is 4.50. The van der Waals surface area contributed by atoms with Crippen LogP contribution in [-0.4, -0.2) is 22.0 Å². The zero-order chi connectivity index (χ0) is 22.2. The molecule has 0 saturated carbocycles. The number of nitrogens with one attached hydrogen (secondary N) is 1. The van der Waals surface area contributed by atoms with E-state index in [-0.39, 0.29) is 6.79 Å². The largest absolute Gasteiger partial charge is 0.454 e. The highest BCUT2D eigenvalue weighted by Gasteiger charge is 2.27. The van der Waals surface area contributed by atoms with Crippen molar-refractivity contribution in [3.63, 3.8) is 0 Å². The molecule has 1 aromatic heterocycles. The summed E-state index contributed by atoms with van der Waals surface area (Å²) in [5.74, 6) is 2.62. The van der Waals surface area contributed by atoms with Crippen molar-refractivity contribution in [2.45, 2.75) is 24.1 Å². The van der Waals surface area contributed by atoms with Crippen molar-refractivity contribution in [1.29, 1.82) is 0 Å². The zero-order valence-electron chi connectivity index (χ0n) is 17.8. The highest BCUT2D eigenvalue weighted by Crippen LogP contribution is 2.41. The number of thioether (sulfide) groups is 1. The van der Waals surface area contributed by atoms with Crippen molar-refractivity contribution in [2.75, 3.05) is 12.1 Å². The molecule has 2 aliphatic heterocycles. The molecular formula is C25H20N4O3S. The monoisotopic (exact) mass is 456 g/mol. The first kappa shape index (κ1) is 19.9. The molecule has 33 heavy (non-hydrogen) atoms. The Balaban J connectivity index is 1.33. The van der Waals surface area contributed by atoms with Gasteiger partial charge in [0.25, 0.3) is 0 Å². The molecule has 2 aliphatic rings. The third-order valence-electron chi connectivity index (χ3n) is 5.52. The summed E-state index contributed by atoms with van der Waals surface area (Å²) < 4.78 is 17.4. The normalized spacial score (nSPS) is 15.6. The van der Waals surface area contributed by atoms with Crippen molar-refractivity contribution in [3.8, 4) is 28.6 Å². The predicted molar refractivity (Wildman–Crippen MR) is 126 cm³/mol. The van der Waals surface area contributed by atoms with Crippen LogP contribution in [0.15, 0.2) is 71.9 Å². The molecule has 0 aliphatic carbocycles. The standard InChI is InChI=1S/C25H20N4O3S/c1-15-6-8-16(9-7-15)13-33-25-27-24-22(28-29-25)18-4-2-3-5-19(18)26-23(32-24)17-10-11-20-21(12-17)31-14-30-20/h2-12,23,26H,13-14H2,1H3/t23-/m0/s1. The van der Waals surface area contributed by atoms with Gasteiger partial charge in [0.1, 0.15) is 0 Å². The van der Waals surface area contributed by atoms with Gasteiger partial charge >= 0.3 is 0 Å². The van der Waals surface area contributed by atoms with Crippen LogP contribution in [0, 0.1) is 6.92 Å². The Morgan fingerprint density at radius 2 is 1.82 bits per heavy atom. The van der Waals surface area contributed by atoms with Gasteiger partial charge < -0.3 is 19.5 Å². The summed E-state index contributed by atoms with van der Waals surface area (Å²) in [7, 11) is 0. The minimum absolute atomic E-state index is 0.224. The van der Waals surface area contributed by atoms with Crippen molar-refractivity contribution in [1.82, 2.24) is 15.2 Å². The molecule has 3 heterocycles. The average Bonchev–Trinajstić information content (AvgIpc) is 3.25. The fraction of sp³-hybridized carbons (Fsp3) is 0.160. The summed E-state index contributed by atoms with van der Waals surface area (Å²) >= 11 is 1.53. The Bertz CT molecular complexity index is 1330. The van der Waals surface area contributed by atoms with E-state index in [1.54, 1.807) is 0 Å². The van der Waals surface area contributed by atoms with Gasteiger partial charge in [0, 0.05) is 22.6 Å². The lowest BCUT2D eigenvalue weighted by atomic mass is 10.1. The van der Waals surface area contributed by atoms with Gasteiger partial charge in [-0.1, -0.05) is 59.8 Å². The van der Waals surface area contributed by atoms with E-state index in [1.165, 1.54) is 22.9 Å². The van der Waals surface area contributed by atoms with Crippen LogP contribution in [0.5, 0.6) is 17.4 Å². The second kappa shape index (κ2) is 8.29. The lowest BCUT2D eigenvalue weighted by molar-refractivity contribution is 0.173. The van der Waals surface area contributed by atoms with Crippen molar-refractivity contribution in [2.24, 2.45) is 0 Å². The van der Waals surface area contributed by atoms with E-state index in [9.17, 15) is 0 Å². The SMILES string of the molecule is Cc1ccc(CSc2nnc3c(n2)O[C@@H](c2ccc4c(c2)OCO4)Nc2ccccc2-3)cc1. The molecule has 7 nitrogen and oxygen atoms in total. The van der Waals surface area contributed by atoms with Crippen molar-refractivity contribution < 1.29 is 14.2 Å². The first-order chi connectivity index (χ1) is 16.2. The summed E-state index contributed by atoms with van der Waals surface area (Å²) in [6, 6.07) is 22.1. The second-order valence-electron chi connectivity index (χ2n) is 7.82.